The van der Waals surface area contributed by atoms with Crippen LogP contribution in [-0.4, -0.2) is 29.7 Å². The third-order valence-electron chi connectivity index (χ3n) is 3.84. The summed E-state index contributed by atoms with van der Waals surface area (Å²) in [6, 6.07) is 0. The van der Waals surface area contributed by atoms with Gasteiger partial charge in [-0.15, -0.1) is 11.6 Å². The molecule has 0 aromatic heterocycles. The number of methoxy groups -OCH3 is 1. The number of rotatable bonds is 7. The average molecular weight is 301 g/mol. The van der Waals surface area contributed by atoms with Gasteiger partial charge in [0.25, 0.3) is 0 Å². The maximum atomic E-state index is 10.9. The van der Waals surface area contributed by atoms with Crippen LogP contribution in [0.3, 0.4) is 0 Å². The minimum atomic E-state index is -0.327. The number of carbonyl (C=O) groups excluding carboxylic acids is 1. The Bertz CT molecular complexity index is 352. The third-order valence-corrected chi connectivity index (χ3v) is 4.34. The quantitative estimate of drug-likeness (QED) is 0.339. The minimum Gasteiger partial charge on any atom is -0.469 e. The number of alkyl halides is 1. The van der Waals surface area contributed by atoms with Crippen LogP contribution in [0.5, 0.6) is 0 Å². The van der Waals surface area contributed by atoms with Gasteiger partial charge in [0.05, 0.1) is 13.2 Å². The number of aliphatic hydroxyl groups is 1. The molecule has 0 aromatic rings. The van der Waals surface area contributed by atoms with E-state index in [2.05, 4.69) is 23.0 Å². The summed E-state index contributed by atoms with van der Waals surface area (Å²) >= 11 is 6.32. The predicted octanol–water partition coefficient (Wildman–Crippen LogP) is 3.46. The van der Waals surface area contributed by atoms with Crippen LogP contribution in [0.15, 0.2) is 24.3 Å². The molecule has 0 aliphatic heterocycles. The van der Waals surface area contributed by atoms with E-state index >= 15 is 0 Å². The molecule has 1 saturated carbocycles. The second-order valence-electron chi connectivity index (χ2n) is 5.26. The highest BCUT2D eigenvalue weighted by atomic mass is 35.5. The smallest absolute Gasteiger partial charge is 0.305 e. The highest BCUT2D eigenvalue weighted by Gasteiger charge is 2.39. The van der Waals surface area contributed by atoms with Gasteiger partial charge in [-0.05, 0) is 38.5 Å². The van der Waals surface area contributed by atoms with Gasteiger partial charge in [0.1, 0.15) is 0 Å². The Morgan fingerprint density at radius 3 is 2.85 bits per heavy atom. The Balaban J connectivity index is 2.33. The van der Waals surface area contributed by atoms with Crippen LogP contribution in [0.4, 0.5) is 0 Å². The summed E-state index contributed by atoms with van der Waals surface area (Å²) in [4.78, 5) is 10.9. The Hall–Kier alpha value is -0.800. The summed E-state index contributed by atoms with van der Waals surface area (Å²) in [6.07, 6.45) is 11.6. The number of aliphatic hydroxyl groups excluding tert-OH is 1. The lowest BCUT2D eigenvalue weighted by Crippen LogP contribution is -2.17. The molecule has 0 spiro atoms. The average Bonchev–Trinajstić information content (AvgIpc) is 2.69. The molecule has 0 bridgehead atoms. The van der Waals surface area contributed by atoms with E-state index in [4.69, 9.17) is 11.6 Å². The molecular formula is C16H25ClO3. The molecule has 20 heavy (non-hydrogen) atoms. The molecular weight excluding hydrogens is 276 g/mol. The van der Waals surface area contributed by atoms with E-state index < -0.39 is 0 Å². The van der Waals surface area contributed by atoms with Crippen LogP contribution in [0.2, 0.25) is 0 Å². The van der Waals surface area contributed by atoms with Crippen LogP contribution in [0, 0.1) is 11.8 Å². The number of allylic oxidation sites excluding steroid dienone is 3. The highest BCUT2D eigenvalue weighted by molar-refractivity contribution is 6.21. The molecule has 0 saturated heterocycles. The number of hydrogen-bond donors (Lipinski definition) is 1. The van der Waals surface area contributed by atoms with E-state index in [-0.39, 0.29) is 23.4 Å². The van der Waals surface area contributed by atoms with E-state index in [0.29, 0.717) is 18.8 Å². The maximum absolute atomic E-state index is 10.9. The molecule has 0 amide bonds. The summed E-state index contributed by atoms with van der Waals surface area (Å²) in [5.41, 5.74) is 0. The number of esters is 1. The zero-order valence-electron chi connectivity index (χ0n) is 12.3. The normalized spacial score (nSPS) is 30.4. The Kier molecular flexibility index (Phi) is 7.93. The SMILES string of the molecule is CC=C[C@H]1C(O)CC(Cl)[C@@H]1CC=CCCCC(=O)OC. The second kappa shape index (κ2) is 9.19. The van der Waals surface area contributed by atoms with Crippen molar-refractivity contribution in [3.05, 3.63) is 24.3 Å². The van der Waals surface area contributed by atoms with Crippen LogP contribution < -0.4 is 0 Å². The molecule has 1 aliphatic carbocycles. The van der Waals surface area contributed by atoms with Gasteiger partial charge in [0.15, 0.2) is 0 Å². The molecule has 4 heteroatoms. The molecule has 0 radical (unpaired) electrons. The van der Waals surface area contributed by atoms with Crippen LogP contribution in [0.25, 0.3) is 0 Å². The molecule has 2 unspecified atom stereocenters. The van der Waals surface area contributed by atoms with Crippen molar-refractivity contribution in [2.75, 3.05) is 7.11 Å². The number of unbranched alkanes of at least 4 members (excludes halogenated alkanes) is 1. The zero-order chi connectivity index (χ0) is 15.0. The molecule has 3 nitrogen and oxygen atoms in total. The van der Waals surface area contributed by atoms with Gasteiger partial charge >= 0.3 is 5.97 Å². The highest BCUT2D eigenvalue weighted by Crippen LogP contribution is 2.39. The molecule has 1 rings (SSSR count). The lowest BCUT2D eigenvalue weighted by atomic mass is 9.91. The van der Waals surface area contributed by atoms with E-state index in [1.54, 1.807) is 0 Å². The summed E-state index contributed by atoms with van der Waals surface area (Å²) in [5, 5.41) is 10.0. The van der Waals surface area contributed by atoms with Gasteiger partial charge in [-0.3, -0.25) is 4.79 Å². The first-order valence-corrected chi connectivity index (χ1v) is 7.70. The van der Waals surface area contributed by atoms with Gasteiger partial charge < -0.3 is 9.84 Å². The summed E-state index contributed by atoms with van der Waals surface area (Å²) in [7, 11) is 1.41. The van der Waals surface area contributed by atoms with Crippen LogP contribution in [0.1, 0.15) is 39.0 Å². The fourth-order valence-corrected chi connectivity index (χ4v) is 3.18. The van der Waals surface area contributed by atoms with E-state index in [1.807, 2.05) is 13.0 Å². The van der Waals surface area contributed by atoms with Gasteiger partial charge in [-0.2, -0.15) is 0 Å². The van der Waals surface area contributed by atoms with Crippen molar-refractivity contribution in [2.45, 2.75) is 50.5 Å². The Labute approximate surface area is 126 Å². The van der Waals surface area contributed by atoms with Crippen LogP contribution in [-0.2, 0) is 9.53 Å². The lowest BCUT2D eigenvalue weighted by Gasteiger charge is -2.18. The maximum Gasteiger partial charge on any atom is 0.305 e. The van der Waals surface area contributed by atoms with Gasteiger partial charge in [-0.25, -0.2) is 0 Å². The van der Waals surface area contributed by atoms with Crippen molar-refractivity contribution in [1.82, 2.24) is 0 Å². The first-order valence-electron chi connectivity index (χ1n) is 7.27. The van der Waals surface area contributed by atoms with E-state index in [9.17, 15) is 9.90 Å². The van der Waals surface area contributed by atoms with Crippen molar-refractivity contribution in [1.29, 1.82) is 0 Å². The lowest BCUT2D eigenvalue weighted by molar-refractivity contribution is -0.140. The summed E-state index contributed by atoms with van der Waals surface area (Å²) in [6.45, 7) is 1.97. The van der Waals surface area contributed by atoms with Crippen molar-refractivity contribution >= 4 is 17.6 Å². The number of carbonyl (C=O) groups is 1. The molecule has 0 heterocycles. The van der Waals surface area contributed by atoms with Gasteiger partial charge in [0.2, 0.25) is 0 Å². The standard InChI is InChI=1S/C16H25ClO3/c1-3-8-13-12(14(17)11-15(13)18)9-6-4-5-7-10-16(19)20-2/h3-4,6,8,12-15,18H,5,7,9-11H2,1-2H3/t12-,13-,14?,15?/m1/s1. The predicted molar refractivity (Wildman–Crippen MR) is 81.7 cm³/mol. The van der Waals surface area contributed by atoms with Gasteiger partial charge in [0, 0.05) is 17.7 Å². The molecule has 0 aromatic carbocycles. The van der Waals surface area contributed by atoms with E-state index in [0.717, 1.165) is 19.3 Å². The largest absolute Gasteiger partial charge is 0.469 e. The first-order chi connectivity index (χ1) is 9.60. The van der Waals surface area contributed by atoms with Crippen molar-refractivity contribution < 1.29 is 14.6 Å². The fraction of sp³-hybridized carbons (Fsp3) is 0.688. The molecule has 4 atom stereocenters. The van der Waals surface area contributed by atoms with Crippen molar-refractivity contribution in [2.24, 2.45) is 11.8 Å². The summed E-state index contributed by atoms with van der Waals surface area (Å²) < 4.78 is 4.59. The molecule has 114 valence electrons. The minimum absolute atomic E-state index is 0.0333. The monoisotopic (exact) mass is 300 g/mol. The molecule has 1 N–H and O–H groups in total. The van der Waals surface area contributed by atoms with Crippen molar-refractivity contribution in [3.8, 4) is 0 Å². The Morgan fingerprint density at radius 2 is 2.20 bits per heavy atom. The topological polar surface area (TPSA) is 46.5 Å². The first kappa shape index (κ1) is 17.3. The van der Waals surface area contributed by atoms with Gasteiger partial charge in [-0.1, -0.05) is 24.3 Å². The zero-order valence-corrected chi connectivity index (χ0v) is 13.1. The number of halogens is 1. The number of ether oxygens (including phenoxy) is 1. The second-order valence-corrected chi connectivity index (χ2v) is 5.82. The molecule has 1 aliphatic rings. The Morgan fingerprint density at radius 1 is 1.45 bits per heavy atom. The van der Waals surface area contributed by atoms with Crippen molar-refractivity contribution in [3.63, 3.8) is 0 Å². The van der Waals surface area contributed by atoms with Crippen LogP contribution >= 0.6 is 11.6 Å². The molecule has 1 fully saturated rings. The van der Waals surface area contributed by atoms with E-state index in [1.165, 1.54) is 7.11 Å². The third kappa shape index (κ3) is 5.29. The fourth-order valence-electron chi connectivity index (χ4n) is 2.72. The number of hydrogen-bond acceptors (Lipinski definition) is 3. The summed E-state index contributed by atoms with van der Waals surface area (Å²) in [5.74, 6) is 0.285.